The van der Waals surface area contributed by atoms with Crippen molar-refractivity contribution in [3.63, 3.8) is 0 Å². The molecule has 3 aromatic rings. The van der Waals surface area contributed by atoms with Gasteiger partial charge >= 0.3 is 5.97 Å². The molecule has 9 nitrogen and oxygen atoms in total. The topological polar surface area (TPSA) is 116 Å². The molecule has 0 bridgehead atoms. The summed E-state index contributed by atoms with van der Waals surface area (Å²) >= 11 is 6.20. The molecule has 0 saturated heterocycles. The second-order valence-corrected chi connectivity index (χ2v) is 7.13. The summed E-state index contributed by atoms with van der Waals surface area (Å²) < 4.78 is 6.79. The van der Waals surface area contributed by atoms with Crippen LogP contribution in [-0.2, 0) is 16.1 Å². The summed E-state index contributed by atoms with van der Waals surface area (Å²) in [5.41, 5.74) is 2.48. The molecular formula is C21H19ClN4O5. The van der Waals surface area contributed by atoms with Crippen LogP contribution in [0.2, 0.25) is 5.02 Å². The fraction of sp³-hybridized carbons (Fsp3) is 0.190. The first kappa shape index (κ1) is 22.0. The highest BCUT2D eigenvalue weighted by Gasteiger charge is 2.21. The first-order chi connectivity index (χ1) is 14.8. The van der Waals surface area contributed by atoms with Crippen molar-refractivity contribution in [2.45, 2.75) is 20.4 Å². The number of carbonyl (C=O) groups excluding carboxylic acids is 2. The Morgan fingerprint density at radius 2 is 1.84 bits per heavy atom. The molecule has 0 saturated carbocycles. The van der Waals surface area contributed by atoms with Gasteiger partial charge < -0.3 is 10.1 Å². The molecule has 31 heavy (non-hydrogen) atoms. The summed E-state index contributed by atoms with van der Waals surface area (Å²) in [6, 6.07) is 12.7. The molecule has 160 valence electrons. The Hall–Kier alpha value is -3.72. The maximum atomic E-state index is 12.5. The number of halogens is 1. The summed E-state index contributed by atoms with van der Waals surface area (Å²) in [4.78, 5) is 34.7. The lowest BCUT2D eigenvalue weighted by atomic mass is 10.2. The van der Waals surface area contributed by atoms with Crippen LogP contribution in [0.25, 0.3) is 0 Å². The third kappa shape index (κ3) is 5.26. The van der Waals surface area contributed by atoms with E-state index in [-0.39, 0.29) is 11.3 Å². The van der Waals surface area contributed by atoms with Crippen LogP contribution in [0, 0.1) is 24.0 Å². The van der Waals surface area contributed by atoms with Gasteiger partial charge in [-0.05, 0) is 37.6 Å². The molecule has 1 heterocycles. The predicted octanol–water partition coefficient (Wildman–Crippen LogP) is 3.91. The van der Waals surface area contributed by atoms with Gasteiger partial charge in [-0.1, -0.05) is 29.8 Å². The number of hydrogen-bond acceptors (Lipinski definition) is 6. The van der Waals surface area contributed by atoms with Crippen LogP contribution in [0.5, 0.6) is 0 Å². The number of esters is 1. The molecule has 10 heteroatoms. The number of aryl methyl sites for hydroxylation is 1. The van der Waals surface area contributed by atoms with E-state index in [2.05, 4.69) is 10.4 Å². The molecule has 0 atom stereocenters. The smallest absolute Gasteiger partial charge is 0.342 e. The lowest BCUT2D eigenvalue weighted by Gasteiger charge is -2.08. The van der Waals surface area contributed by atoms with Gasteiger partial charge in [-0.25, -0.2) is 4.79 Å². The van der Waals surface area contributed by atoms with E-state index in [0.717, 1.165) is 5.56 Å². The number of aromatic nitrogens is 2. The predicted molar refractivity (Wildman–Crippen MR) is 114 cm³/mol. The van der Waals surface area contributed by atoms with Crippen molar-refractivity contribution in [2.24, 2.45) is 0 Å². The number of amides is 1. The Labute approximate surface area is 182 Å². The number of anilines is 1. The van der Waals surface area contributed by atoms with Gasteiger partial charge in [0, 0.05) is 22.8 Å². The maximum Gasteiger partial charge on any atom is 0.342 e. The zero-order valence-corrected chi connectivity index (χ0v) is 17.5. The number of ether oxygens (including phenoxy) is 1. The minimum Gasteiger partial charge on any atom is -0.452 e. The first-order valence-corrected chi connectivity index (χ1v) is 9.63. The summed E-state index contributed by atoms with van der Waals surface area (Å²) in [5.74, 6) is -1.24. The fourth-order valence-corrected chi connectivity index (χ4v) is 3.20. The van der Waals surface area contributed by atoms with E-state index in [4.69, 9.17) is 16.3 Å². The van der Waals surface area contributed by atoms with Crippen LogP contribution in [0.15, 0.2) is 48.5 Å². The highest BCUT2D eigenvalue weighted by Crippen LogP contribution is 2.20. The van der Waals surface area contributed by atoms with E-state index in [9.17, 15) is 19.7 Å². The van der Waals surface area contributed by atoms with E-state index < -0.39 is 23.4 Å². The number of carbonyl (C=O) groups is 2. The second kappa shape index (κ2) is 9.40. The number of nitro groups is 1. The third-order valence-corrected chi connectivity index (χ3v) is 4.93. The Morgan fingerprint density at radius 1 is 1.16 bits per heavy atom. The lowest BCUT2D eigenvalue weighted by molar-refractivity contribution is -0.384. The summed E-state index contributed by atoms with van der Waals surface area (Å²) in [6.45, 7) is 3.30. The average molecular weight is 443 g/mol. The number of hydrogen-bond donors (Lipinski definition) is 1. The average Bonchev–Trinajstić information content (AvgIpc) is 3.01. The van der Waals surface area contributed by atoms with Crippen LogP contribution >= 0.6 is 11.6 Å². The molecule has 0 aliphatic rings. The largest absolute Gasteiger partial charge is 0.452 e. The molecule has 2 aromatic carbocycles. The minimum atomic E-state index is -0.667. The van der Waals surface area contributed by atoms with Gasteiger partial charge in [-0.3, -0.25) is 19.6 Å². The number of non-ortho nitro benzene ring substituents is 1. The van der Waals surface area contributed by atoms with Gasteiger partial charge in [-0.2, -0.15) is 5.10 Å². The lowest BCUT2D eigenvalue weighted by Crippen LogP contribution is -2.21. The monoisotopic (exact) mass is 442 g/mol. The SMILES string of the molecule is Cc1nn(Cc2ccccc2Cl)c(C)c1C(=O)OCC(=O)Nc1ccc([N+](=O)[O-])cc1. The van der Waals surface area contributed by atoms with Gasteiger partial charge in [0.05, 0.1) is 22.9 Å². The third-order valence-electron chi connectivity index (χ3n) is 4.56. The number of nitro benzene ring substituents is 1. The Balaban J connectivity index is 1.62. The van der Waals surface area contributed by atoms with E-state index in [1.807, 2.05) is 18.2 Å². The Bertz CT molecular complexity index is 1140. The molecule has 1 N–H and O–H groups in total. The Kier molecular flexibility index (Phi) is 6.66. The molecular weight excluding hydrogens is 424 g/mol. The number of nitrogens with zero attached hydrogens (tertiary/aromatic N) is 3. The van der Waals surface area contributed by atoms with Crippen LogP contribution < -0.4 is 5.32 Å². The molecule has 0 aliphatic carbocycles. The molecule has 1 aromatic heterocycles. The van der Waals surface area contributed by atoms with E-state index in [1.165, 1.54) is 24.3 Å². The van der Waals surface area contributed by atoms with Gasteiger partial charge in [0.2, 0.25) is 0 Å². The molecule has 1 amide bonds. The normalized spacial score (nSPS) is 10.5. The van der Waals surface area contributed by atoms with E-state index >= 15 is 0 Å². The highest BCUT2D eigenvalue weighted by molar-refractivity contribution is 6.31. The van der Waals surface area contributed by atoms with Crippen molar-refractivity contribution in [3.05, 3.63) is 86.2 Å². The van der Waals surface area contributed by atoms with Crippen LogP contribution in [0.1, 0.15) is 27.3 Å². The summed E-state index contributed by atoms with van der Waals surface area (Å²) in [5, 5.41) is 18.2. The van der Waals surface area contributed by atoms with Gasteiger partial charge in [-0.15, -0.1) is 0 Å². The molecule has 3 rings (SSSR count). The van der Waals surface area contributed by atoms with Gasteiger partial charge in [0.25, 0.3) is 11.6 Å². The molecule has 0 unspecified atom stereocenters. The molecule has 0 fully saturated rings. The maximum absolute atomic E-state index is 12.5. The molecule has 0 spiro atoms. The highest BCUT2D eigenvalue weighted by atomic mass is 35.5. The zero-order chi connectivity index (χ0) is 22.5. The van der Waals surface area contributed by atoms with Crippen LogP contribution in [0.4, 0.5) is 11.4 Å². The summed E-state index contributed by atoms with van der Waals surface area (Å²) in [6.07, 6.45) is 0. The van der Waals surface area contributed by atoms with Gasteiger partial charge in [0.1, 0.15) is 5.56 Å². The molecule has 0 aliphatic heterocycles. The van der Waals surface area contributed by atoms with Crippen LogP contribution in [-0.4, -0.2) is 33.2 Å². The number of rotatable bonds is 7. The number of nitrogens with one attached hydrogen (secondary N) is 1. The van der Waals surface area contributed by atoms with Crippen LogP contribution in [0.3, 0.4) is 0 Å². The fourth-order valence-electron chi connectivity index (χ4n) is 3.00. The van der Waals surface area contributed by atoms with E-state index in [1.54, 1.807) is 24.6 Å². The first-order valence-electron chi connectivity index (χ1n) is 9.25. The standard InChI is InChI=1S/C21H19ClN4O5/c1-13-20(14(2)25(24-13)11-15-5-3-4-6-18(15)22)21(28)31-12-19(27)23-16-7-9-17(10-8-16)26(29)30/h3-10H,11-12H2,1-2H3,(H,23,27). The van der Waals surface area contributed by atoms with Crippen molar-refractivity contribution in [1.82, 2.24) is 9.78 Å². The van der Waals surface area contributed by atoms with Gasteiger partial charge in [0.15, 0.2) is 6.61 Å². The second-order valence-electron chi connectivity index (χ2n) is 6.72. The minimum absolute atomic E-state index is 0.0934. The van der Waals surface area contributed by atoms with Crippen molar-refractivity contribution in [3.8, 4) is 0 Å². The van der Waals surface area contributed by atoms with E-state index in [0.29, 0.717) is 28.6 Å². The number of benzene rings is 2. The van der Waals surface area contributed by atoms with Crippen molar-refractivity contribution in [1.29, 1.82) is 0 Å². The summed E-state index contributed by atoms with van der Waals surface area (Å²) in [7, 11) is 0. The Morgan fingerprint density at radius 3 is 2.48 bits per heavy atom. The van der Waals surface area contributed by atoms with Crippen molar-refractivity contribution < 1.29 is 19.2 Å². The zero-order valence-electron chi connectivity index (χ0n) is 16.8. The van der Waals surface area contributed by atoms with Crippen molar-refractivity contribution >= 4 is 34.9 Å². The quantitative estimate of drug-likeness (QED) is 0.337. The molecule has 0 radical (unpaired) electrons. The van der Waals surface area contributed by atoms with Crippen molar-refractivity contribution in [2.75, 3.05) is 11.9 Å².